The van der Waals surface area contributed by atoms with Crippen LogP contribution in [0.25, 0.3) is 0 Å². The third-order valence-electron chi connectivity index (χ3n) is 5.14. The molecule has 1 fully saturated rings. The molecule has 1 N–H and O–H groups in total. The molecule has 1 heterocycles. The molecule has 0 aromatic heterocycles. The number of esters is 1. The number of likely N-dealkylation sites (tertiary alicyclic amines) is 1. The maximum atomic E-state index is 12.8. The lowest BCUT2D eigenvalue weighted by Crippen LogP contribution is -2.51. The van der Waals surface area contributed by atoms with Crippen LogP contribution in [0.2, 0.25) is 0 Å². The first-order chi connectivity index (χ1) is 13.7. The molecule has 29 heavy (non-hydrogen) atoms. The van der Waals surface area contributed by atoms with E-state index in [0.29, 0.717) is 19.6 Å². The normalized spacial score (nSPS) is 16.6. The number of likely N-dealkylation sites (N-methyl/N-ethyl adjacent to an activating group) is 1. The molecule has 7 nitrogen and oxygen atoms in total. The van der Waals surface area contributed by atoms with Crippen molar-refractivity contribution < 1.29 is 19.1 Å². The fraction of sp³-hybridized carbons (Fsp3) is 0.591. The Hall–Kier alpha value is -2.41. The predicted octanol–water partition coefficient (Wildman–Crippen LogP) is 2.43. The Morgan fingerprint density at radius 1 is 1.14 bits per heavy atom. The summed E-state index contributed by atoms with van der Waals surface area (Å²) < 4.78 is 5.12. The number of piperidine rings is 1. The zero-order valence-corrected chi connectivity index (χ0v) is 18.2. The molecular formula is C22H33N3O4. The Bertz CT molecular complexity index is 739. The van der Waals surface area contributed by atoms with Crippen LogP contribution in [0.1, 0.15) is 42.9 Å². The summed E-state index contributed by atoms with van der Waals surface area (Å²) in [5.74, 6) is -0.664. The second kappa shape index (κ2) is 10.4. The zero-order valence-electron chi connectivity index (χ0n) is 18.2. The van der Waals surface area contributed by atoms with E-state index in [2.05, 4.69) is 5.32 Å². The van der Waals surface area contributed by atoms with Crippen LogP contribution < -0.4 is 5.32 Å². The Kier molecular flexibility index (Phi) is 8.20. The second-order valence-corrected chi connectivity index (χ2v) is 7.84. The third kappa shape index (κ3) is 6.29. The summed E-state index contributed by atoms with van der Waals surface area (Å²) in [6, 6.07) is 3.54. The number of nitrogens with one attached hydrogen (secondary N) is 1. The summed E-state index contributed by atoms with van der Waals surface area (Å²) in [5, 5.41) is 2.95. The molecule has 0 bridgehead atoms. The van der Waals surface area contributed by atoms with Crippen LogP contribution in [-0.2, 0) is 19.1 Å². The van der Waals surface area contributed by atoms with Crippen molar-refractivity contribution in [2.45, 2.75) is 53.0 Å². The first kappa shape index (κ1) is 22.9. The van der Waals surface area contributed by atoms with Gasteiger partial charge in [0, 0.05) is 12.2 Å². The van der Waals surface area contributed by atoms with E-state index in [1.807, 2.05) is 32.9 Å². The summed E-state index contributed by atoms with van der Waals surface area (Å²) in [5.41, 5.74) is 4.00. The minimum absolute atomic E-state index is 0.0786. The standard InChI is InChI=1S/C22H33N3O4/c1-6-29-22(28)18-9-7-8-10-25(18)20(27)14-24(5)13-19(26)23-21-16(3)11-15(2)12-17(21)4/h11-12,18H,6-10,13-14H2,1-5H3,(H,23,26)/t18-/m0/s1. The van der Waals surface area contributed by atoms with Gasteiger partial charge in [-0.05, 0) is 65.1 Å². The Balaban J connectivity index is 1.93. The van der Waals surface area contributed by atoms with Crippen molar-refractivity contribution in [3.05, 3.63) is 28.8 Å². The van der Waals surface area contributed by atoms with Crippen LogP contribution in [0.4, 0.5) is 5.69 Å². The molecule has 1 aliphatic rings. The lowest BCUT2D eigenvalue weighted by molar-refractivity contribution is -0.157. The van der Waals surface area contributed by atoms with E-state index < -0.39 is 6.04 Å². The maximum Gasteiger partial charge on any atom is 0.328 e. The number of hydrogen-bond donors (Lipinski definition) is 1. The Labute approximate surface area is 173 Å². The van der Waals surface area contributed by atoms with E-state index in [1.54, 1.807) is 23.8 Å². The lowest BCUT2D eigenvalue weighted by Gasteiger charge is -2.35. The number of aryl methyl sites for hydroxylation is 3. The fourth-order valence-electron chi connectivity index (χ4n) is 3.89. The Morgan fingerprint density at radius 2 is 1.79 bits per heavy atom. The van der Waals surface area contributed by atoms with Crippen molar-refractivity contribution in [3.63, 3.8) is 0 Å². The van der Waals surface area contributed by atoms with Crippen molar-refractivity contribution in [2.75, 3.05) is 38.6 Å². The SMILES string of the molecule is CCOC(=O)[C@@H]1CCCCN1C(=O)CN(C)CC(=O)Nc1c(C)cc(C)cc1C. The second-order valence-electron chi connectivity index (χ2n) is 7.84. The van der Waals surface area contributed by atoms with Crippen molar-refractivity contribution in [2.24, 2.45) is 0 Å². The third-order valence-corrected chi connectivity index (χ3v) is 5.14. The molecule has 7 heteroatoms. The molecule has 0 radical (unpaired) electrons. The highest BCUT2D eigenvalue weighted by molar-refractivity contribution is 5.94. The van der Waals surface area contributed by atoms with E-state index in [9.17, 15) is 14.4 Å². The molecule has 0 aliphatic carbocycles. The maximum absolute atomic E-state index is 12.8. The molecule has 1 aromatic rings. The van der Waals surface area contributed by atoms with Gasteiger partial charge in [-0.1, -0.05) is 17.7 Å². The van der Waals surface area contributed by atoms with Gasteiger partial charge in [0.15, 0.2) is 0 Å². The number of nitrogens with zero attached hydrogens (tertiary/aromatic N) is 2. The lowest BCUT2D eigenvalue weighted by atomic mass is 10.0. The average molecular weight is 404 g/mol. The van der Waals surface area contributed by atoms with Crippen LogP contribution in [0.3, 0.4) is 0 Å². The smallest absolute Gasteiger partial charge is 0.328 e. The number of ether oxygens (including phenoxy) is 1. The van der Waals surface area contributed by atoms with Crippen LogP contribution in [0, 0.1) is 20.8 Å². The molecule has 0 saturated carbocycles. The van der Waals surface area contributed by atoms with Crippen LogP contribution in [0.5, 0.6) is 0 Å². The highest BCUT2D eigenvalue weighted by Gasteiger charge is 2.33. The average Bonchev–Trinajstić information content (AvgIpc) is 2.64. The van der Waals surface area contributed by atoms with Gasteiger partial charge >= 0.3 is 5.97 Å². The van der Waals surface area contributed by atoms with E-state index >= 15 is 0 Å². The highest BCUT2D eigenvalue weighted by atomic mass is 16.5. The number of hydrogen-bond acceptors (Lipinski definition) is 5. The molecule has 0 spiro atoms. The number of benzene rings is 1. The summed E-state index contributed by atoms with van der Waals surface area (Å²) in [4.78, 5) is 40.7. The molecule has 1 aliphatic heterocycles. The number of carbonyl (C=O) groups is 3. The van der Waals surface area contributed by atoms with Crippen LogP contribution in [0.15, 0.2) is 12.1 Å². The predicted molar refractivity (Wildman–Crippen MR) is 113 cm³/mol. The van der Waals surface area contributed by atoms with E-state index in [-0.39, 0.29) is 30.9 Å². The van der Waals surface area contributed by atoms with Crippen LogP contribution in [-0.4, -0.2) is 66.9 Å². The van der Waals surface area contributed by atoms with Crippen molar-refractivity contribution in [1.29, 1.82) is 0 Å². The molecule has 2 amide bonds. The minimum atomic E-state index is -0.517. The monoisotopic (exact) mass is 403 g/mol. The summed E-state index contributed by atoms with van der Waals surface area (Å²) >= 11 is 0. The highest BCUT2D eigenvalue weighted by Crippen LogP contribution is 2.22. The number of rotatable bonds is 7. The van der Waals surface area contributed by atoms with Crippen LogP contribution >= 0.6 is 0 Å². The van der Waals surface area contributed by atoms with Crippen molar-refractivity contribution in [3.8, 4) is 0 Å². The number of carbonyl (C=O) groups excluding carboxylic acids is 3. The topological polar surface area (TPSA) is 79.0 Å². The fourth-order valence-corrected chi connectivity index (χ4v) is 3.89. The van der Waals surface area contributed by atoms with Gasteiger partial charge in [-0.2, -0.15) is 0 Å². The van der Waals surface area contributed by atoms with Crippen molar-refractivity contribution in [1.82, 2.24) is 9.80 Å². The first-order valence-electron chi connectivity index (χ1n) is 10.2. The zero-order chi connectivity index (χ0) is 21.6. The molecule has 2 rings (SSSR count). The molecular weight excluding hydrogens is 370 g/mol. The van der Waals surface area contributed by atoms with Gasteiger partial charge in [0.05, 0.1) is 19.7 Å². The molecule has 1 saturated heterocycles. The van der Waals surface area contributed by atoms with E-state index in [1.165, 1.54) is 0 Å². The van der Waals surface area contributed by atoms with Gasteiger partial charge in [-0.15, -0.1) is 0 Å². The number of anilines is 1. The van der Waals surface area contributed by atoms with Gasteiger partial charge < -0.3 is 15.0 Å². The molecule has 0 unspecified atom stereocenters. The number of amides is 2. The molecule has 1 atom stereocenters. The summed E-state index contributed by atoms with van der Waals surface area (Å²) in [6.07, 6.45) is 2.40. The van der Waals surface area contributed by atoms with Gasteiger partial charge in [0.2, 0.25) is 11.8 Å². The van der Waals surface area contributed by atoms with Gasteiger partial charge in [-0.3, -0.25) is 14.5 Å². The van der Waals surface area contributed by atoms with Gasteiger partial charge in [-0.25, -0.2) is 4.79 Å². The van der Waals surface area contributed by atoms with E-state index in [4.69, 9.17) is 4.74 Å². The minimum Gasteiger partial charge on any atom is -0.464 e. The molecule has 1 aromatic carbocycles. The van der Waals surface area contributed by atoms with E-state index in [0.717, 1.165) is 35.2 Å². The molecule has 160 valence electrons. The Morgan fingerprint density at radius 3 is 2.41 bits per heavy atom. The summed E-state index contributed by atoms with van der Waals surface area (Å²) in [6.45, 7) is 8.74. The summed E-state index contributed by atoms with van der Waals surface area (Å²) in [7, 11) is 1.73. The first-order valence-corrected chi connectivity index (χ1v) is 10.2. The van der Waals surface area contributed by atoms with Gasteiger partial charge in [0.25, 0.3) is 0 Å². The largest absolute Gasteiger partial charge is 0.464 e. The van der Waals surface area contributed by atoms with Gasteiger partial charge in [0.1, 0.15) is 6.04 Å². The van der Waals surface area contributed by atoms with Crippen molar-refractivity contribution >= 4 is 23.5 Å². The quantitative estimate of drug-likeness (QED) is 0.708.